The summed E-state index contributed by atoms with van der Waals surface area (Å²) in [6.07, 6.45) is 1.92. The van der Waals surface area contributed by atoms with Gasteiger partial charge in [-0.25, -0.2) is 0 Å². The van der Waals surface area contributed by atoms with Crippen LogP contribution in [0, 0.1) is 22.7 Å². The maximum absolute atomic E-state index is 14.4. The van der Waals surface area contributed by atoms with Gasteiger partial charge in [-0.05, 0) is 56.4 Å². The zero-order valence-corrected chi connectivity index (χ0v) is 26.8. The number of carbonyl (C=O) groups excluding carboxylic acids is 2. The Morgan fingerprint density at radius 1 is 1.16 bits per heavy atom. The van der Waals surface area contributed by atoms with Crippen LogP contribution in [0.5, 0.6) is 0 Å². The average molecular weight is 609 g/mol. The summed E-state index contributed by atoms with van der Waals surface area (Å²) < 4.78 is 18.6. The highest BCUT2D eigenvalue weighted by Crippen LogP contribution is 2.62. The summed E-state index contributed by atoms with van der Waals surface area (Å²) in [6.45, 7) is 11.5. The summed E-state index contributed by atoms with van der Waals surface area (Å²) in [5.74, 6) is -1.74. The third-order valence-electron chi connectivity index (χ3n) is 11.1. The Hall–Kier alpha value is -2.62. The summed E-state index contributed by atoms with van der Waals surface area (Å²) in [7, 11) is 0. The number of carbonyl (C=O) groups is 2. The van der Waals surface area contributed by atoms with Crippen molar-refractivity contribution in [3.8, 4) is 0 Å². The molecule has 4 aliphatic rings. The molecule has 1 heterocycles. The molecule has 5 rings (SSSR count). The van der Waals surface area contributed by atoms with Crippen LogP contribution in [0.1, 0.15) is 66.4 Å². The minimum atomic E-state index is -1.67. The molecule has 0 radical (unpaired) electrons. The predicted octanol–water partition coefficient (Wildman–Crippen LogP) is 4.26. The number of Topliss-reactive ketones (excluding diaryl/α,β-unsaturated/α-hetero) is 1. The molecule has 1 aromatic carbocycles. The van der Waals surface area contributed by atoms with Gasteiger partial charge in [0.15, 0.2) is 5.78 Å². The van der Waals surface area contributed by atoms with E-state index in [2.05, 4.69) is 0 Å². The van der Waals surface area contributed by atoms with E-state index in [0.717, 1.165) is 11.1 Å². The lowest BCUT2D eigenvalue weighted by atomic mass is 9.46. The van der Waals surface area contributed by atoms with Crippen molar-refractivity contribution in [2.75, 3.05) is 13.2 Å². The van der Waals surface area contributed by atoms with Gasteiger partial charge in [0, 0.05) is 36.5 Å². The molecule has 44 heavy (non-hydrogen) atoms. The molecule has 3 fully saturated rings. The first-order valence-electron chi connectivity index (χ1n) is 15.9. The number of aliphatic hydroxyl groups is 3. The van der Waals surface area contributed by atoms with Crippen LogP contribution in [-0.4, -0.2) is 76.4 Å². The SMILES string of the molecule is C/C=C\C=C(/C)CO[C@H]1[C@@H]2C3CO[C@@H]3C[C@H](O)[C@@]2(C)C(=O)[C@H](O)C2=C(C)[C@@H](OC(=O)CCc3ccccc3)C[C@]1(O)C2(C)C. The molecule has 1 aromatic rings. The number of hydrogen-bond donors (Lipinski definition) is 3. The minimum Gasteiger partial charge on any atom is -0.458 e. The van der Waals surface area contributed by atoms with Gasteiger partial charge in [0.2, 0.25) is 0 Å². The summed E-state index contributed by atoms with van der Waals surface area (Å²) in [5.41, 5.74) is -1.39. The van der Waals surface area contributed by atoms with E-state index in [1.54, 1.807) is 13.8 Å². The predicted molar refractivity (Wildman–Crippen MR) is 165 cm³/mol. The van der Waals surface area contributed by atoms with Gasteiger partial charge >= 0.3 is 5.97 Å². The number of aryl methyl sites for hydroxylation is 1. The summed E-state index contributed by atoms with van der Waals surface area (Å²) in [4.78, 5) is 27.6. The maximum atomic E-state index is 14.4. The van der Waals surface area contributed by atoms with Gasteiger partial charge in [-0.1, -0.05) is 62.4 Å². The molecule has 3 aliphatic carbocycles. The maximum Gasteiger partial charge on any atom is 0.306 e. The minimum absolute atomic E-state index is 0.0243. The monoisotopic (exact) mass is 608 g/mol. The number of ether oxygens (including phenoxy) is 3. The Kier molecular flexibility index (Phi) is 9.15. The van der Waals surface area contributed by atoms with Crippen molar-refractivity contribution in [3.05, 3.63) is 70.8 Å². The second-order valence-electron chi connectivity index (χ2n) is 13.9. The zero-order valence-electron chi connectivity index (χ0n) is 26.8. The number of allylic oxidation sites excluding steroid dienone is 3. The van der Waals surface area contributed by atoms with E-state index in [9.17, 15) is 24.9 Å². The average Bonchev–Trinajstić information content (AvgIpc) is 2.97. The molecule has 0 aromatic heterocycles. The van der Waals surface area contributed by atoms with Crippen LogP contribution in [0.2, 0.25) is 0 Å². The molecular weight excluding hydrogens is 560 g/mol. The van der Waals surface area contributed by atoms with Gasteiger partial charge in [-0.15, -0.1) is 0 Å². The first kappa shape index (κ1) is 32.8. The molecule has 1 aliphatic heterocycles. The fourth-order valence-electron chi connectivity index (χ4n) is 8.27. The molecule has 1 saturated heterocycles. The van der Waals surface area contributed by atoms with Gasteiger partial charge in [-0.2, -0.15) is 0 Å². The molecule has 8 nitrogen and oxygen atoms in total. The number of benzene rings is 1. The molecule has 3 N–H and O–H groups in total. The van der Waals surface area contributed by atoms with Crippen molar-refractivity contribution in [1.82, 2.24) is 0 Å². The normalized spacial score (nSPS) is 38.3. The highest BCUT2D eigenvalue weighted by molar-refractivity contribution is 5.93. The first-order chi connectivity index (χ1) is 20.8. The lowest BCUT2D eigenvalue weighted by Gasteiger charge is -2.64. The van der Waals surface area contributed by atoms with E-state index in [-0.39, 0.29) is 37.9 Å². The van der Waals surface area contributed by atoms with Gasteiger partial charge in [0.05, 0.1) is 36.9 Å². The van der Waals surface area contributed by atoms with Gasteiger partial charge < -0.3 is 29.5 Å². The highest BCUT2D eigenvalue weighted by atomic mass is 16.5. The second-order valence-corrected chi connectivity index (χ2v) is 13.9. The Balaban J connectivity index is 1.58. The number of fused-ring (bicyclic) bond motifs is 5. The fourth-order valence-corrected chi connectivity index (χ4v) is 8.27. The van der Waals surface area contributed by atoms with Crippen molar-refractivity contribution >= 4 is 11.8 Å². The lowest BCUT2D eigenvalue weighted by molar-refractivity contribution is -0.284. The van der Waals surface area contributed by atoms with Gasteiger partial charge in [-0.3, -0.25) is 9.59 Å². The Morgan fingerprint density at radius 2 is 1.86 bits per heavy atom. The summed E-state index contributed by atoms with van der Waals surface area (Å²) in [6, 6.07) is 9.66. The highest BCUT2D eigenvalue weighted by Gasteiger charge is 2.71. The van der Waals surface area contributed by atoms with E-state index in [1.807, 2.05) is 76.3 Å². The number of aliphatic hydroxyl groups excluding tert-OH is 2. The van der Waals surface area contributed by atoms with E-state index in [4.69, 9.17) is 14.2 Å². The smallest absolute Gasteiger partial charge is 0.306 e. The lowest BCUT2D eigenvalue weighted by Crippen LogP contribution is -2.74. The van der Waals surface area contributed by atoms with Gasteiger partial charge in [0.1, 0.15) is 17.8 Å². The second kappa shape index (κ2) is 12.3. The molecular formula is C36H48O8. The molecule has 2 saturated carbocycles. The van der Waals surface area contributed by atoms with E-state index in [1.165, 1.54) is 0 Å². The molecule has 2 bridgehead atoms. The summed E-state index contributed by atoms with van der Waals surface area (Å²) in [5, 5.41) is 36.4. The molecule has 240 valence electrons. The number of ketones is 1. The largest absolute Gasteiger partial charge is 0.458 e. The van der Waals surface area contributed by atoms with E-state index >= 15 is 0 Å². The van der Waals surface area contributed by atoms with Crippen LogP contribution in [0.25, 0.3) is 0 Å². The van der Waals surface area contributed by atoms with Crippen LogP contribution >= 0.6 is 0 Å². The Bertz CT molecular complexity index is 1340. The third kappa shape index (κ3) is 5.32. The zero-order chi connectivity index (χ0) is 32.0. The number of esters is 1. The van der Waals surface area contributed by atoms with Crippen LogP contribution in [0.4, 0.5) is 0 Å². The molecule has 8 heteroatoms. The van der Waals surface area contributed by atoms with E-state index < -0.39 is 58.5 Å². The van der Waals surface area contributed by atoms with Crippen LogP contribution in [0.3, 0.4) is 0 Å². The molecule has 0 spiro atoms. The first-order valence-corrected chi connectivity index (χ1v) is 15.9. The van der Waals surface area contributed by atoms with Crippen molar-refractivity contribution < 1.29 is 39.1 Å². The number of hydrogen-bond acceptors (Lipinski definition) is 8. The van der Waals surface area contributed by atoms with Gasteiger partial charge in [0.25, 0.3) is 0 Å². The van der Waals surface area contributed by atoms with Crippen molar-refractivity contribution in [2.45, 2.75) is 103 Å². The summed E-state index contributed by atoms with van der Waals surface area (Å²) >= 11 is 0. The Labute approximate surface area is 260 Å². The van der Waals surface area contributed by atoms with Crippen LogP contribution in [-0.2, 0) is 30.2 Å². The third-order valence-corrected chi connectivity index (χ3v) is 11.1. The van der Waals surface area contributed by atoms with Crippen molar-refractivity contribution in [1.29, 1.82) is 0 Å². The van der Waals surface area contributed by atoms with Crippen molar-refractivity contribution in [3.63, 3.8) is 0 Å². The fraction of sp³-hybridized carbons (Fsp3) is 0.611. The van der Waals surface area contributed by atoms with E-state index in [0.29, 0.717) is 24.2 Å². The quantitative estimate of drug-likeness (QED) is 0.227. The molecule has 1 unspecified atom stereocenters. The van der Waals surface area contributed by atoms with Crippen LogP contribution in [0.15, 0.2) is 65.3 Å². The van der Waals surface area contributed by atoms with Crippen LogP contribution < -0.4 is 0 Å². The number of rotatable bonds is 8. The molecule has 9 atom stereocenters. The topological polar surface area (TPSA) is 123 Å². The standard InChI is InChI=1S/C36H48O8/c1-7-8-12-21(2)19-43-33-30-24-20-42-25(24)17-27(37)35(30,6)32(40)31(39)29-22(3)26(18-36(33,41)34(29,4)5)44-28(38)16-15-23-13-10-9-11-14-23/h7-14,24-27,30-31,33,37,39,41H,15-20H2,1-6H3/b8-7-,21-12+/t24?,25-,26+,27+,30+,31-,33+,35-,36-/m1/s1. The molecule has 0 amide bonds. The van der Waals surface area contributed by atoms with Crippen molar-refractivity contribution in [2.24, 2.45) is 22.7 Å². The Morgan fingerprint density at radius 3 is 2.50 bits per heavy atom.